The van der Waals surface area contributed by atoms with Crippen molar-refractivity contribution in [2.45, 2.75) is 31.8 Å². The summed E-state index contributed by atoms with van der Waals surface area (Å²) in [5, 5.41) is 0. The summed E-state index contributed by atoms with van der Waals surface area (Å²) in [7, 11) is -2.01. The number of rotatable bonds is 5. The Morgan fingerprint density at radius 2 is 1.94 bits per heavy atom. The Labute approximate surface area is 193 Å². The number of ether oxygens (including phenoxy) is 1. The summed E-state index contributed by atoms with van der Waals surface area (Å²) in [5.74, 6) is 1.71. The van der Waals surface area contributed by atoms with Gasteiger partial charge in [0.25, 0.3) is 10.2 Å². The van der Waals surface area contributed by atoms with E-state index >= 15 is 0 Å². The molecule has 2 saturated heterocycles. The highest BCUT2D eigenvalue weighted by atomic mass is 32.2. The van der Waals surface area contributed by atoms with Crippen LogP contribution in [-0.4, -0.2) is 91.2 Å². The van der Waals surface area contributed by atoms with E-state index in [4.69, 9.17) is 20.4 Å². The quantitative estimate of drug-likeness (QED) is 0.588. The molecule has 5 heterocycles. The maximum atomic E-state index is 12.3. The van der Waals surface area contributed by atoms with Gasteiger partial charge in [-0.1, -0.05) is 0 Å². The maximum Gasteiger partial charge on any atom is 0.279 e. The molecule has 3 aliphatic rings. The number of nitrogens with zero attached hydrogens (tertiary/aromatic N) is 7. The Hall–Kier alpha value is -2.61. The molecule has 0 spiro atoms. The second-order valence-corrected chi connectivity index (χ2v) is 10.4. The molecule has 2 fully saturated rings. The van der Waals surface area contributed by atoms with Crippen molar-refractivity contribution in [2.75, 3.05) is 62.0 Å². The number of hydrogen-bond donors (Lipinski definition) is 2. The van der Waals surface area contributed by atoms with Gasteiger partial charge in [-0.2, -0.15) is 17.7 Å². The van der Waals surface area contributed by atoms with Crippen LogP contribution in [0.15, 0.2) is 12.4 Å². The summed E-state index contributed by atoms with van der Waals surface area (Å²) in [6.45, 7) is 5.70. The molecule has 12 nitrogen and oxygen atoms in total. The van der Waals surface area contributed by atoms with E-state index in [2.05, 4.69) is 31.4 Å². The van der Waals surface area contributed by atoms with Gasteiger partial charge in [-0.3, -0.25) is 0 Å². The molecule has 2 aromatic heterocycles. The summed E-state index contributed by atoms with van der Waals surface area (Å²) in [6, 6.07) is 0.194. The third-order valence-corrected chi connectivity index (χ3v) is 8.11. The van der Waals surface area contributed by atoms with Crippen LogP contribution < -0.4 is 20.3 Å². The van der Waals surface area contributed by atoms with Crippen molar-refractivity contribution < 1.29 is 13.2 Å². The van der Waals surface area contributed by atoms with Gasteiger partial charge >= 0.3 is 0 Å². The lowest BCUT2D eigenvalue weighted by molar-refractivity contribution is 0.0981. The molecule has 0 radical (unpaired) electrons. The number of morpholine rings is 1. The number of anilines is 3. The van der Waals surface area contributed by atoms with Crippen LogP contribution in [0.5, 0.6) is 0 Å². The van der Waals surface area contributed by atoms with Crippen LogP contribution in [0, 0.1) is 0 Å². The van der Waals surface area contributed by atoms with Crippen LogP contribution in [0.3, 0.4) is 0 Å². The van der Waals surface area contributed by atoms with Crippen molar-refractivity contribution in [1.29, 1.82) is 0 Å². The molecule has 0 bridgehead atoms. The van der Waals surface area contributed by atoms with Crippen molar-refractivity contribution in [3.05, 3.63) is 18.0 Å². The molecule has 178 valence electrons. The Morgan fingerprint density at radius 3 is 2.67 bits per heavy atom. The highest BCUT2D eigenvalue weighted by Gasteiger charge is 2.38. The van der Waals surface area contributed by atoms with Crippen LogP contribution in [-0.2, 0) is 21.4 Å². The Morgan fingerprint density at radius 1 is 1.15 bits per heavy atom. The highest BCUT2D eigenvalue weighted by Crippen LogP contribution is 2.38. The Bertz CT molecular complexity index is 1130. The van der Waals surface area contributed by atoms with Crippen LogP contribution in [0.1, 0.15) is 18.9 Å². The molecular formula is C20H29N9O3S. The molecule has 2 aromatic rings. The van der Waals surface area contributed by atoms with Crippen molar-refractivity contribution in [3.8, 4) is 11.3 Å². The van der Waals surface area contributed by atoms with Gasteiger partial charge < -0.3 is 20.3 Å². The minimum atomic E-state index is -3.45. The number of aromatic nitrogens is 4. The smallest absolute Gasteiger partial charge is 0.279 e. The van der Waals surface area contributed by atoms with Gasteiger partial charge in [-0.05, 0) is 19.8 Å². The van der Waals surface area contributed by atoms with Crippen LogP contribution in [0.4, 0.5) is 17.7 Å². The lowest BCUT2D eigenvalue weighted by atomic mass is 10.1. The zero-order chi connectivity index (χ0) is 23.2. The normalized spacial score (nSPS) is 23.8. The first-order valence-electron chi connectivity index (χ1n) is 11.2. The monoisotopic (exact) mass is 475 g/mol. The summed E-state index contributed by atoms with van der Waals surface area (Å²) < 4.78 is 34.1. The maximum absolute atomic E-state index is 12.3. The van der Waals surface area contributed by atoms with Crippen LogP contribution in [0.2, 0.25) is 0 Å². The van der Waals surface area contributed by atoms with Crippen LogP contribution in [0.25, 0.3) is 11.3 Å². The highest BCUT2D eigenvalue weighted by molar-refractivity contribution is 7.87. The number of hydrogen-bond acceptors (Lipinski definition) is 10. The molecule has 0 aliphatic carbocycles. The first kappa shape index (κ1) is 22.2. The zero-order valence-electron chi connectivity index (χ0n) is 18.8. The van der Waals surface area contributed by atoms with E-state index in [1.54, 1.807) is 12.4 Å². The molecule has 33 heavy (non-hydrogen) atoms. The first-order valence-corrected chi connectivity index (χ1v) is 12.6. The van der Waals surface area contributed by atoms with Crippen molar-refractivity contribution in [1.82, 2.24) is 29.0 Å². The van der Waals surface area contributed by atoms with E-state index < -0.39 is 10.2 Å². The second-order valence-electron chi connectivity index (χ2n) is 8.57. The van der Waals surface area contributed by atoms with Gasteiger partial charge in [0.15, 0.2) is 0 Å². The summed E-state index contributed by atoms with van der Waals surface area (Å²) in [4.78, 5) is 22.7. The molecule has 13 heteroatoms. The Kier molecular flexibility index (Phi) is 5.80. The molecule has 2 atom stereocenters. The molecule has 0 aromatic carbocycles. The molecule has 0 amide bonds. The lowest BCUT2D eigenvalue weighted by Crippen LogP contribution is -2.45. The molecule has 3 N–H and O–H groups in total. The number of nitrogen functional groups attached to an aromatic ring is 1. The van der Waals surface area contributed by atoms with Gasteiger partial charge in [0.1, 0.15) is 5.82 Å². The molecule has 5 rings (SSSR count). The number of nitrogens with one attached hydrogen (secondary N) is 1. The van der Waals surface area contributed by atoms with Crippen molar-refractivity contribution >= 4 is 27.9 Å². The minimum absolute atomic E-state index is 0.0507. The van der Waals surface area contributed by atoms with Crippen LogP contribution >= 0.6 is 0 Å². The zero-order valence-corrected chi connectivity index (χ0v) is 19.6. The topological polar surface area (TPSA) is 143 Å². The van der Waals surface area contributed by atoms with E-state index in [0.29, 0.717) is 38.8 Å². The second kappa shape index (κ2) is 8.63. The predicted molar refractivity (Wildman–Crippen MR) is 124 cm³/mol. The van der Waals surface area contributed by atoms with E-state index in [-0.39, 0.29) is 18.0 Å². The largest absolute Gasteiger partial charge is 0.377 e. The lowest BCUT2D eigenvalue weighted by Gasteiger charge is -2.34. The van der Waals surface area contributed by atoms with E-state index in [0.717, 1.165) is 42.0 Å². The number of fused-ring (bicyclic) bond motifs is 1. The molecular weight excluding hydrogens is 446 g/mol. The summed E-state index contributed by atoms with van der Waals surface area (Å²) in [5.41, 5.74) is 8.32. The first-order chi connectivity index (χ1) is 15.9. The van der Waals surface area contributed by atoms with E-state index in [1.165, 1.54) is 11.4 Å². The molecule has 3 aliphatic heterocycles. The van der Waals surface area contributed by atoms with E-state index in [9.17, 15) is 8.42 Å². The fraction of sp³-hybridized carbons (Fsp3) is 0.600. The Balaban J connectivity index is 1.54. The van der Waals surface area contributed by atoms with Crippen molar-refractivity contribution in [2.24, 2.45) is 0 Å². The predicted octanol–water partition coefficient (Wildman–Crippen LogP) is -0.358. The van der Waals surface area contributed by atoms with Gasteiger partial charge in [-0.15, -0.1) is 0 Å². The standard InChI is InChI=1S/C20H29N9O3S/c1-13-12-32-8-7-28(13)20-25-17(14-9-23-19(21)24-10-14)16-4-6-29(18(16)26-20)15-3-5-27(11-15)33(30,31)22-2/h9-10,13,15,22H,3-8,11-12H2,1-2H3,(H2,21,23,24)/t13-,15+/m1/s1. The van der Waals surface area contributed by atoms with Crippen molar-refractivity contribution in [3.63, 3.8) is 0 Å². The number of nitrogens with two attached hydrogens (primary N) is 1. The average molecular weight is 476 g/mol. The third-order valence-electron chi connectivity index (χ3n) is 6.58. The minimum Gasteiger partial charge on any atom is -0.377 e. The summed E-state index contributed by atoms with van der Waals surface area (Å²) >= 11 is 0. The summed E-state index contributed by atoms with van der Waals surface area (Å²) in [6.07, 6.45) is 4.89. The van der Waals surface area contributed by atoms with Gasteiger partial charge in [0.2, 0.25) is 11.9 Å². The fourth-order valence-corrected chi connectivity index (χ4v) is 5.76. The van der Waals surface area contributed by atoms with Gasteiger partial charge in [0, 0.05) is 62.8 Å². The SMILES string of the molecule is CNS(=O)(=O)N1CC[C@H](N2CCc3c(-c4cnc(N)nc4)nc(N4CCOC[C@H]4C)nc32)C1. The average Bonchev–Trinajstić information content (AvgIpc) is 3.47. The third kappa shape index (κ3) is 4.09. The van der Waals surface area contributed by atoms with E-state index in [1.807, 2.05) is 0 Å². The molecule has 0 unspecified atom stereocenters. The van der Waals surface area contributed by atoms with Gasteiger partial charge in [0.05, 0.1) is 24.9 Å². The fourth-order valence-electron chi connectivity index (χ4n) is 4.79. The van der Waals surface area contributed by atoms with Gasteiger partial charge in [-0.25, -0.2) is 19.7 Å². The molecule has 0 saturated carbocycles.